The van der Waals surface area contributed by atoms with Crippen molar-refractivity contribution in [2.24, 2.45) is 0 Å². The highest BCUT2D eigenvalue weighted by Crippen LogP contribution is 2.18. The SMILES string of the molecule is CCNC(Cc1ccc2ccccc2n1)c1cnsn1. The van der Waals surface area contributed by atoms with Crippen molar-refractivity contribution in [2.75, 3.05) is 6.54 Å². The first kappa shape index (κ1) is 13.1. The van der Waals surface area contributed by atoms with Crippen LogP contribution in [0.1, 0.15) is 24.4 Å². The largest absolute Gasteiger partial charge is 0.309 e. The summed E-state index contributed by atoms with van der Waals surface area (Å²) in [6.45, 7) is 3.00. The van der Waals surface area contributed by atoms with Crippen LogP contribution in [0.25, 0.3) is 10.9 Å². The molecule has 0 fully saturated rings. The van der Waals surface area contributed by atoms with E-state index in [1.165, 1.54) is 17.1 Å². The summed E-state index contributed by atoms with van der Waals surface area (Å²) in [6.07, 6.45) is 2.66. The van der Waals surface area contributed by atoms with Gasteiger partial charge in [0.05, 0.1) is 35.2 Å². The van der Waals surface area contributed by atoms with Crippen molar-refractivity contribution < 1.29 is 0 Å². The van der Waals surface area contributed by atoms with E-state index >= 15 is 0 Å². The average Bonchev–Trinajstić information content (AvgIpc) is 3.01. The van der Waals surface area contributed by atoms with Crippen LogP contribution in [0.4, 0.5) is 0 Å². The molecule has 1 atom stereocenters. The van der Waals surface area contributed by atoms with Gasteiger partial charge in [0, 0.05) is 17.5 Å². The second kappa shape index (κ2) is 6.07. The van der Waals surface area contributed by atoms with E-state index in [4.69, 9.17) is 4.98 Å². The van der Waals surface area contributed by atoms with E-state index in [1.54, 1.807) is 0 Å². The molecule has 0 bridgehead atoms. The predicted molar refractivity (Wildman–Crippen MR) is 81.8 cm³/mol. The number of hydrogen-bond donors (Lipinski definition) is 1. The highest BCUT2D eigenvalue weighted by molar-refractivity contribution is 6.99. The maximum atomic E-state index is 4.72. The highest BCUT2D eigenvalue weighted by Gasteiger charge is 2.14. The monoisotopic (exact) mass is 284 g/mol. The van der Waals surface area contributed by atoms with E-state index in [2.05, 4.69) is 39.2 Å². The fourth-order valence-corrected chi connectivity index (χ4v) is 2.76. The average molecular weight is 284 g/mol. The zero-order chi connectivity index (χ0) is 13.8. The molecule has 3 aromatic rings. The van der Waals surface area contributed by atoms with Crippen molar-refractivity contribution >= 4 is 22.6 Å². The molecule has 4 nitrogen and oxygen atoms in total. The van der Waals surface area contributed by atoms with Gasteiger partial charge < -0.3 is 5.32 Å². The standard InChI is InChI=1S/C15H16N4S/c1-2-16-14(15-10-17-20-19-15)9-12-8-7-11-5-3-4-6-13(11)18-12/h3-8,10,14,16H,2,9H2,1H3. The van der Waals surface area contributed by atoms with Crippen molar-refractivity contribution in [3.63, 3.8) is 0 Å². The molecule has 1 N–H and O–H groups in total. The summed E-state index contributed by atoms with van der Waals surface area (Å²) in [5.74, 6) is 0. The summed E-state index contributed by atoms with van der Waals surface area (Å²) in [7, 11) is 0. The lowest BCUT2D eigenvalue weighted by Gasteiger charge is -2.15. The molecule has 2 aromatic heterocycles. The first-order valence-corrected chi connectivity index (χ1v) is 7.45. The van der Waals surface area contributed by atoms with Crippen LogP contribution in [0.3, 0.4) is 0 Å². The Morgan fingerprint density at radius 1 is 1.20 bits per heavy atom. The van der Waals surface area contributed by atoms with Crippen LogP contribution in [-0.2, 0) is 6.42 Å². The molecule has 0 saturated carbocycles. The number of nitrogens with zero attached hydrogens (tertiary/aromatic N) is 3. The molecule has 0 aliphatic heterocycles. The fraction of sp³-hybridized carbons (Fsp3) is 0.267. The number of fused-ring (bicyclic) bond motifs is 1. The van der Waals surface area contributed by atoms with E-state index in [0.717, 1.165) is 29.9 Å². The Labute approximate surface area is 122 Å². The van der Waals surface area contributed by atoms with Gasteiger partial charge in [-0.3, -0.25) is 4.98 Å². The maximum absolute atomic E-state index is 4.72. The minimum absolute atomic E-state index is 0.174. The van der Waals surface area contributed by atoms with Crippen molar-refractivity contribution in [1.82, 2.24) is 19.0 Å². The molecule has 5 heteroatoms. The van der Waals surface area contributed by atoms with E-state index in [9.17, 15) is 0 Å². The van der Waals surface area contributed by atoms with Gasteiger partial charge in [0.1, 0.15) is 0 Å². The summed E-state index contributed by atoms with van der Waals surface area (Å²) >= 11 is 1.25. The first-order chi connectivity index (χ1) is 9.86. The summed E-state index contributed by atoms with van der Waals surface area (Å²) in [6, 6.07) is 12.6. The molecular weight excluding hydrogens is 268 g/mol. The molecule has 0 aliphatic rings. The van der Waals surface area contributed by atoms with Gasteiger partial charge in [0.15, 0.2) is 0 Å². The number of benzene rings is 1. The molecule has 2 heterocycles. The minimum atomic E-state index is 0.174. The topological polar surface area (TPSA) is 50.7 Å². The summed E-state index contributed by atoms with van der Waals surface area (Å²) in [5, 5.41) is 4.62. The zero-order valence-electron chi connectivity index (χ0n) is 11.3. The lowest BCUT2D eigenvalue weighted by molar-refractivity contribution is 0.535. The Balaban J connectivity index is 1.86. The summed E-state index contributed by atoms with van der Waals surface area (Å²) < 4.78 is 8.42. The zero-order valence-corrected chi connectivity index (χ0v) is 12.1. The Morgan fingerprint density at radius 3 is 2.90 bits per heavy atom. The number of aromatic nitrogens is 3. The van der Waals surface area contributed by atoms with Gasteiger partial charge in [0.25, 0.3) is 0 Å². The molecule has 1 aromatic carbocycles. The lowest BCUT2D eigenvalue weighted by atomic mass is 10.1. The number of rotatable bonds is 5. The van der Waals surface area contributed by atoms with Crippen molar-refractivity contribution in [3.05, 3.63) is 54.0 Å². The van der Waals surface area contributed by atoms with Gasteiger partial charge in [-0.1, -0.05) is 31.2 Å². The molecule has 0 saturated heterocycles. The lowest BCUT2D eigenvalue weighted by Crippen LogP contribution is -2.23. The third-order valence-corrected chi connectivity index (χ3v) is 3.75. The van der Waals surface area contributed by atoms with Crippen molar-refractivity contribution in [1.29, 1.82) is 0 Å². The number of pyridine rings is 1. The number of likely N-dealkylation sites (N-methyl/N-ethyl adjacent to an activating group) is 1. The molecule has 1 unspecified atom stereocenters. The van der Waals surface area contributed by atoms with E-state index in [-0.39, 0.29) is 6.04 Å². The normalized spacial score (nSPS) is 12.7. The van der Waals surface area contributed by atoms with Gasteiger partial charge in [-0.05, 0) is 18.7 Å². The van der Waals surface area contributed by atoms with E-state index in [0.29, 0.717) is 0 Å². The smallest absolute Gasteiger partial charge is 0.0916 e. The third-order valence-electron chi connectivity index (χ3n) is 3.26. The van der Waals surface area contributed by atoms with Crippen LogP contribution in [-0.4, -0.2) is 20.3 Å². The Morgan fingerprint density at radius 2 is 2.10 bits per heavy atom. The minimum Gasteiger partial charge on any atom is -0.309 e. The van der Waals surface area contributed by atoms with Crippen LogP contribution in [0.15, 0.2) is 42.6 Å². The predicted octanol–water partition coefficient (Wildman–Crippen LogP) is 2.98. The Hall–Kier alpha value is -1.85. The first-order valence-electron chi connectivity index (χ1n) is 6.72. The number of nitrogens with one attached hydrogen (secondary N) is 1. The molecule has 20 heavy (non-hydrogen) atoms. The molecule has 3 rings (SSSR count). The van der Waals surface area contributed by atoms with Crippen LogP contribution in [0.2, 0.25) is 0 Å². The third kappa shape index (κ3) is 2.84. The molecule has 0 amide bonds. The highest BCUT2D eigenvalue weighted by atomic mass is 32.1. The van der Waals surface area contributed by atoms with Gasteiger partial charge >= 0.3 is 0 Å². The molecule has 0 radical (unpaired) electrons. The fourth-order valence-electron chi connectivity index (χ4n) is 2.28. The second-order valence-corrected chi connectivity index (χ2v) is 5.20. The van der Waals surface area contributed by atoms with Gasteiger partial charge in [-0.2, -0.15) is 8.75 Å². The van der Waals surface area contributed by atoms with Gasteiger partial charge in [-0.15, -0.1) is 0 Å². The molecule has 0 spiro atoms. The molecule has 0 aliphatic carbocycles. The second-order valence-electron chi connectivity index (χ2n) is 4.64. The van der Waals surface area contributed by atoms with Gasteiger partial charge in [-0.25, -0.2) is 0 Å². The quantitative estimate of drug-likeness (QED) is 0.782. The molecule has 102 valence electrons. The van der Waals surface area contributed by atoms with Crippen LogP contribution >= 0.6 is 11.7 Å². The number of hydrogen-bond acceptors (Lipinski definition) is 5. The molecular formula is C15H16N4S. The summed E-state index contributed by atoms with van der Waals surface area (Å²) in [5.41, 5.74) is 3.10. The van der Waals surface area contributed by atoms with Crippen LogP contribution < -0.4 is 5.32 Å². The van der Waals surface area contributed by atoms with Crippen LogP contribution in [0, 0.1) is 0 Å². The van der Waals surface area contributed by atoms with E-state index in [1.807, 2.05) is 24.4 Å². The maximum Gasteiger partial charge on any atom is 0.0916 e. The van der Waals surface area contributed by atoms with E-state index < -0.39 is 0 Å². The summed E-state index contributed by atoms with van der Waals surface area (Å²) in [4.78, 5) is 4.72. The number of para-hydroxylation sites is 1. The van der Waals surface area contributed by atoms with Crippen molar-refractivity contribution in [3.8, 4) is 0 Å². The van der Waals surface area contributed by atoms with Gasteiger partial charge in [0.2, 0.25) is 0 Å². The Kier molecular flexibility index (Phi) is 3.99. The Bertz CT molecular complexity index is 681. The van der Waals surface area contributed by atoms with Crippen LogP contribution in [0.5, 0.6) is 0 Å². The van der Waals surface area contributed by atoms with Crippen molar-refractivity contribution in [2.45, 2.75) is 19.4 Å².